The van der Waals surface area contributed by atoms with Gasteiger partial charge in [0.25, 0.3) is 0 Å². The van der Waals surface area contributed by atoms with E-state index in [9.17, 15) is 9.59 Å². The van der Waals surface area contributed by atoms with Crippen LogP contribution in [0.3, 0.4) is 0 Å². The number of nitrogens with zero attached hydrogens (tertiary/aromatic N) is 2. The molecular formula is C7H10N2O4. The molecular weight excluding hydrogens is 176 g/mol. The van der Waals surface area contributed by atoms with Gasteiger partial charge in [0.2, 0.25) is 0 Å². The van der Waals surface area contributed by atoms with E-state index >= 15 is 0 Å². The van der Waals surface area contributed by atoms with Crippen molar-refractivity contribution in [2.45, 2.75) is 26.4 Å². The number of hydrogen-bond donors (Lipinski definition) is 1. The fourth-order valence-corrected chi connectivity index (χ4v) is 0.497. The van der Waals surface area contributed by atoms with Crippen LogP contribution in [-0.2, 0) is 14.3 Å². The molecule has 0 bridgehead atoms. The molecule has 0 heterocycles. The van der Waals surface area contributed by atoms with Gasteiger partial charge in [-0.2, -0.15) is 4.79 Å². The minimum absolute atomic E-state index is 0.817. The number of hydrogen-bond acceptors (Lipinski definition) is 3. The second-order valence-electron chi connectivity index (χ2n) is 3.26. The molecule has 13 heavy (non-hydrogen) atoms. The van der Waals surface area contributed by atoms with E-state index in [2.05, 4.69) is 9.53 Å². The Hall–Kier alpha value is -1.68. The smallest absolute Gasteiger partial charge is 0.472 e. The Morgan fingerprint density at radius 2 is 1.85 bits per heavy atom. The molecule has 1 N–H and O–H groups in total. The van der Waals surface area contributed by atoms with Gasteiger partial charge in [0.15, 0.2) is 0 Å². The van der Waals surface area contributed by atoms with Gasteiger partial charge in [-0.3, -0.25) is 0 Å². The fraction of sp³-hybridized carbons (Fsp3) is 0.571. The van der Waals surface area contributed by atoms with E-state index in [4.69, 9.17) is 10.6 Å². The van der Waals surface area contributed by atoms with Crippen LogP contribution in [0.25, 0.3) is 5.53 Å². The van der Waals surface area contributed by atoms with E-state index < -0.39 is 23.3 Å². The predicted octanol–water partition coefficient (Wildman–Crippen LogP) is 0.0835. The summed E-state index contributed by atoms with van der Waals surface area (Å²) in [6.07, 6.45) is 0. The molecule has 0 atom stereocenters. The first-order valence-electron chi connectivity index (χ1n) is 3.46. The maximum atomic E-state index is 10.9. The van der Waals surface area contributed by atoms with Crippen LogP contribution < -0.4 is 0 Å². The largest absolute Gasteiger partial charge is 0.482 e. The van der Waals surface area contributed by atoms with E-state index in [1.165, 1.54) is 0 Å². The Balaban J connectivity index is 4.62. The summed E-state index contributed by atoms with van der Waals surface area (Å²) in [5, 5.41) is 8.35. The van der Waals surface area contributed by atoms with Gasteiger partial charge in [0, 0.05) is 0 Å². The van der Waals surface area contributed by atoms with Crippen molar-refractivity contribution >= 4 is 17.7 Å². The molecule has 0 aromatic rings. The fourth-order valence-electron chi connectivity index (χ4n) is 0.497. The van der Waals surface area contributed by atoms with E-state index in [0.29, 0.717) is 0 Å². The van der Waals surface area contributed by atoms with Gasteiger partial charge < -0.3 is 15.4 Å². The Morgan fingerprint density at radius 3 is 2.08 bits per heavy atom. The molecule has 6 nitrogen and oxygen atoms in total. The van der Waals surface area contributed by atoms with Crippen molar-refractivity contribution in [2.24, 2.45) is 0 Å². The molecule has 0 unspecified atom stereocenters. The van der Waals surface area contributed by atoms with E-state index in [0.717, 1.165) is 0 Å². The molecule has 0 saturated carbocycles. The SMILES string of the molecule is CC(C)(C)OC(=O)C(=[N+]=[N-])C(=O)O. The van der Waals surface area contributed by atoms with Crippen molar-refractivity contribution in [1.29, 1.82) is 0 Å². The predicted molar refractivity (Wildman–Crippen MR) is 42.1 cm³/mol. The van der Waals surface area contributed by atoms with Crippen LogP contribution in [0.4, 0.5) is 0 Å². The maximum Gasteiger partial charge on any atom is 0.482 e. The van der Waals surface area contributed by atoms with Crippen LogP contribution in [0.2, 0.25) is 0 Å². The number of carbonyl (C=O) groups excluding carboxylic acids is 1. The first-order chi connectivity index (χ1) is 5.78. The minimum atomic E-state index is -1.63. The lowest BCUT2D eigenvalue weighted by atomic mass is 10.2. The van der Waals surface area contributed by atoms with Crippen molar-refractivity contribution < 1.29 is 24.2 Å². The van der Waals surface area contributed by atoms with Gasteiger partial charge in [-0.05, 0) is 20.8 Å². The van der Waals surface area contributed by atoms with Crippen LogP contribution in [0.15, 0.2) is 0 Å². The van der Waals surface area contributed by atoms with Gasteiger partial charge in [-0.1, -0.05) is 0 Å². The van der Waals surface area contributed by atoms with Gasteiger partial charge >= 0.3 is 17.7 Å². The highest BCUT2D eigenvalue weighted by molar-refractivity contribution is 6.60. The van der Waals surface area contributed by atoms with Crippen molar-refractivity contribution in [3.63, 3.8) is 0 Å². The molecule has 0 fully saturated rings. The summed E-state index contributed by atoms with van der Waals surface area (Å²) in [7, 11) is 0. The van der Waals surface area contributed by atoms with Crippen LogP contribution >= 0.6 is 0 Å². The third-order valence-electron chi connectivity index (χ3n) is 0.895. The zero-order valence-electron chi connectivity index (χ0n) is 7.57. The van der Waals surface area contributed by atoms with Crippen molar-refractivity contribution in [2.75, 3.05) is 0 Å². The van der Waals surface area contributed by atoms with Crippen LogP contribution in [0.1, 0.15) is 20.8 Å². The third-order valence-corrected chi connectivity index (χ3v) is 0.895. The summed E-state index contributed by atoms with van der Waals surface area (Å²) in [5.41, 5.74) is 6.32. The number of aliphatic carboxylic acids is 1. The summed E-state index contributed by atoms with van der Waals surface area (Å²) < 4.78 is 4.64. The molecule has 6 heteroatoms. The van der Waals surface area contributed by atoms with Gasteiger partial charge in [-0.15, -0.1) is 0 Å². The summed E-state index contributed by atoms with van der Waals surface area (Å²) in [5.74, 6) is -2.79. The quantitative estimate of drug-likeness (QED) is 0.217. The zero-order chi connectivity index (χ0) is 10.6. The first kappa shape index (κ1) is 11.3. The third kappa shape index (κ3) is 4.03. The molecule has 0 aromatic heterocycles. The second-order valence-corrected chi connectivity index (χ2v) is 3.26. The van der Waals surface area contributed by atoms with Crippen LogP contribution in [0.5, 0.6) is 0 Å². The molecule has 0 saturated heterocycles. The average molecular weight is 186 g/mol. The maximum absolute atomic E-state index is 10.9. The Bertz CT molecular complexity index is 283. The minimum Gasteiger partial charge on any atom is -0.472 e. The Kier molecular flexibility index (Phi) is 3.33. The summed E-state index contributed by atoms with van der Waals surface area (Å²) in [6.45, 7) is 4.71. The first-order valence-corrected chi connectivity index (χ1v) is 3.46. The lowest BCUT2D eigenvalue weighted by molar-refractivity contribution is -0.154. The molecule has 0 aliphatic carbocycles. The Labute approximate surface area is 74.7 Å². The molecule has 0 spiro atoms. The van der Waals surface area contributed by atoms with Crippen molar-refractivity contribution in [3.05, 3.63) is 5.53 Å². The van der Waals surface area contributed by atoms with E-state index in [1.807, 2.05) is 0 Å². The average Bonchev–Trinajstić information content (AvgIpc) is 1.82. The zero-order valence-corrected chi connectivity index (χ0v) is 7.57. The van der Waals surface area contributed by atoms with E-state index in [-0.39, 0.29) is 0 Å². The number of carboxylic acids is 1. The number of ether oxygens (including phenoxy) is 1. The van der Waals surface area contributed by atoms with Crippen LogP contribution in [0, 0.1) is 0 Å². The lowest BCUT2D eigenvalue weighted by Crippen LogP contribution is -2.33. The molecule has 0 radical (unpaired) electrons. The summed E-state index contributed by atoms with van der Waals surface area (Å²) in [4.78, 5) is 23.5. The number of carbonyl (C=O) groups is 2. The highest BCUT2D eigenvalue weighted by Gasteiger charge is 2.33. The van der Waals surface area contributed by atoms with Crippen molar-refractivity contribution in [3.8, 4) is 0 Å². The van der Waals surface area contributed by atoms with Gasteiger partial charge in [0.1, 0.15) is 5.60 Å². The van der Waals surface area contributed by atoms with Gasteiger partial charge in [0.05, 0.1) is 0 Å². The number of rotatable bonds is 2. The summed E-state index contributed by atoms with van der Waals surface area (Å²) in [6, 6.07) is 0. The highest BCUT2D eigenvalue weighted by Crippen LogP contribution is 2.06. The topological polar surface area (TPSA) is 100 Å². The molecule has 0 rings (SSSR count). The van der Waals surface area contributed by atoms with Crippen molar-refractivity contribution in [1.82, 2.24) is 0 Å². The standard InChI is InChI=1S/C7H10N2O4/c1-7(2,3)13-6(12)4(9-8)5(10)11/h1-3H3,(H,10,11). The molecule has 0 aliphatic rings. The number of carboxylic acid groups (broad SMARTS) is 1. The molecule has 0 aliphatic heterocycles. The molecule has 0 aromatic carbocycles. The Morgan fingerprint density at radius 1 is 1.38 bits per heavy atom. The lowest BCUT2D eigenvalue weighted by Gasteiger charge is -2.16. The molecule has 0 amide bonds. The van der Waals surface area contributed by atoms with E-state index in [1.54, 1.807) is 20.8 Å². The summed E-state index contributed by atoms with van der Waals surface area (Å²) >= 11 is 0. The monoisotopic (exact) mass is 186 g/mol. The van der Waals surface area contributed by atoms with Gasteiger partial charge in [-0.25, -0.2) is 9.59 Å². The number of esters is 1. The van der Waals surface area contributed by atoms with Crippen LogP contribution in [-0.4, -0.2) is 33.1 Å². The second kappa shape index (κ2) is 3.82. The normalized spacial score (nSPS) is 10.1. The highest BCUT2D eigenvalue weighted by atomic mass is 16.6. The molecule has 72 valence electrons.